The molecule has 2 N–H and O–H groups in total. The zero-order valence-electron chi connectivity index (χ0n) is 10.6. The number of aromatic carboxylic acids is 1. The number of halogens is 1. The predicted octanol–water partition coefficient (Wildman–Crippen LogP) is 2.76. The summed E-state index contributed by atoms with van der Waals surface area (Å²) >= 11 is 1.73. The Labute approximate surface area is 111 Å². The van der Waals surface area contributed by atoms with Crippen LogP contribution in [0.25, 0.3) is 0 Å². The number of nitrogens with one attached hydrogen (secondary N) is 1. The van der Waals surface area contributed by atoms with Crippen LogP contribution in [-0.2, 0) is 6.54 Å². The number of thioether (sulfide) groups is 1. The van der Waals surface area contributed by atoms with Crippen LogP contribution in [0, 0.1) is 5.82 Å². The molecule has 0 saturated carbocycles. The van der Waals surface area contributed by atoms with E-state index in [4.69, 9.17) is 5.11 Å². The first-order valence-electron chi connectivity index (χ1n) is 5.82. The van der Waals surface area contributed by atoms with E-state index in [9.17, 15) is 9.18 Å². The molecular formula is C13H18FNO2S. The smallest absolute Gasteiger partial charge is 0.335 e. The van der Waals surface area contributed by atoms with Gasteiger partial charge in [0.15, 0.2) is 0 Å². The summed E-state index contributed by atoms with van der Waals surface area (Å²) in [5, 5.41) is 12.1. The lowest BCUT2D eigenvalue weighted by atomic mass is 10.1. The van der Waals surface area contributed by atoms with Gasteiger partial charge in [0.2, 0.25) is 0 Å². The first-order valence-corrected chi connectivity index (χ1v) is 7.21. The summed E-state index contributed by atoms with van der Waals surface area (Å²) in [4.78, 5) is 10.8. The van der Waals surface area contributed by atoms with E-state index < -0.39 is 5.97 Å². The van der Waals surface area contributed by atoms with Crippen molar-refractivity contribution in [3.63, 3.8) is 0 Å². The second-order valence-electron chi connectivity index (χ2n) is 4.05. The quantitative estimate of drug-likeness (QED) is 0.800. The molecule has 1 rings (SSSR count). The number of carboxylic acid groups (broad SMARTS) is 1. The molecule has 100 valence electrons. The first kappa shape index (κ1) is 15.0. The van der Waals surface area contributed by atoms with E-state index in [1.807, 2.05) is 6.26 Å². The summed E-state index contributed by atoms with van der Waals surface area (Å²) in [5.74, 6) is -0.449. The molecule has 5 heteroatoms. The molecule has 0 heterocycles. The van der Waals surface area contributed by atoms with Crippen LogP contribution in [0.3, 0.4) is 0 Å². The molecule has 0 bridgehead atoms. The number of carboxylic acids is 1. The highest BCUT2D eigenvalue weighted by atomic mass is 32.2. The largest absolute Gasteiger partial charge is 0.478 e. The summed E-state index contributed by atoms with van der Waals surface area (Å²) in [7, 11) is 0. The standard InChI is InChI=1S/C13H18FNO2S/c1-3-11(8-18-2)15-7-10-6-9(13(16)17)4-5-12(10)14/h4-6,11,15H,3,7-8H2,1-2H3,(H,16,17). The Kier molecular flexibility index (Phi) is 6.15. The van der Waals surface area contributed by atoms with Gasteiger partial charge in [0, 0.05) is 23.9 Å². The maximum atomic E-state index is 13.5. The minimum Gasteiger partial charge on any atom is -0.478 e. The molecule has 18 heavy (non-hydrogen) atoms. The van der Waals surface area contributed by atoms with Crippen LogP contribution in [0.2, 0.25) is 0 Å². The molecule has 0 fully saturated rings. The number of rotatable bonds is 7. The molecule has 0 aliphatic carbocycles. The molecule has 1 aromatic carbocycles. The molecule has 1 unspecified atom stereocenters. The van der Waals surface area contributed by atoms with E-state index in [2.05, 4.69) is 12.2 Å². The molecule has 1 aromatic rings. The SMILES string of the molecule is CCC(CSC)NCc1cc(C(=O)O)ccc1F. The van der Waals surface area contributed by atoms with Gasteiger partial charge in [-0.1, -0.05) is 6.92 Å². The van der Waals surface area contributed by atoms with Crippen LogP contribution >= 0.6 is 11.8 Å². The van der Waals surface area contributed by atoms with Crippen molar-refractivity contribution in [2.24, 2.45) is 0 Å². The zero-order valence-corrected chi connectivity index (χ0v) is 11.4. The van der Waals surface area contributed by atoms with Gasteiger partial charge >= 0.3 is 5.97 Å². The number of hydrogen-bond donors (Lipinski definition) is 2. The average Bonchev–Trinajstić information content (AvgIpc) is 2.35. The molecule has 0 spiro atoms. The minimum atomic E-state index is -1.03. The Bertz CT molecular complexity index is 412. The summed E-state index contributed by atoms with van der Waals surface area (Å²) in [6.07, 6.45) is 2.98. The Morgan fingerprint density at radius 3 is 2.83 bits per heavy atom. The zero-order chi connectivity index (χ0) is 13.5. The van der Waals surface area contributed by atoms with Crippen molar-refractivity contribution in [1.82, 2.24) is 5.32 Å². The summed E-state index contributed by atoms with van der Waals surface area (Å²) in [5.41, 5.74) is 0.514. The predicted molar refractivity (Wildman–Crippen MR) is 72.7 cm³/mol. The fourth-order valence-corrected chi connectivity index (χ4v) is 2.38. The van der Waals surface area contributed by atoms with Gasteiger partial charge in [-0.3, -0.25) is 0 Å². The van der Waals surface area contributed by atoms with Crippen molar-refractivity contribution in [3.8, 4) is 0 Å². The Morgan fingerprint density at radius 1 is 1.56 bits per heavy atom. The third kappa shape index (κ3) is 4.31. The van der Waals surface area contributed by atoms with Gasteiger partial charge in [-0.25, -0.2) is 9.18 Å². The van der Waals surface area contributed by atoms with E-state index in [0.717, 1.165) is 12.2 Å². The molecule has 0 amide bonds. The van der Waals surface area contributed by atoms with Crippen LogP contribution < -0.4 is 5.32 Å². The van der Waals surface area contributed by atoms with Gasteiger partial charge < -0.3 is 10.4 Å². The second-order valence-corrected chi connectivity index (χ2v) is 4.96. The third-order valence-corrected chi connectivity index (χ3v) is 3.47. The lowest BCUT2D eigenvalue weighted by Crippen LogP contribution is -2.30. The fraction of sp³-hybridized carbons (Fsp3) is 0.462. The van der Waals surface area contributed by atoms with E-state index in [1.54, 1.807) is 11.8 Å². The van der Waals surface area contributed by atoms with Crippen LogP contribution in [0.4, 0.5) is 4.39 Å². The highest BCUT2D eigenvalue weighted by Gasteiger charge is 2.10. The van der Waals surface area contributed by atoms with Crippen LogP contribution in [0.1, 0.15) is 29.3 Å². The van der Waals surface area contributed by atoms with E-state index in [1.165, 1.54) is 18.2 Å². The van der Waals surface area contributed by atoms with Gasteiger partial charge in [0.25, 0.3) is 0 Å². The van der Waals surface area contributed by atoms with Crippen molar-refractivity contribution in [2.45, 2.75) is 25.9 Å². The first-order chi connectivity index (χ1) is 8.58. The van der Waals surface area contributed by atoms with Crippen molar-refractivity contribution >= 4 is 17.7 Å². The fourth-order valence-electron chi connectivity index (χ4n) is 1.62. The maximum Gasteiger partial charge on any atom is 0.335 e. The number of carbonyl (C=O) groups is 1. The highest BCUT2D eigenvalue weighted by Crippen LogP contribution is 2.12. The lowest BCUT2D eigenvalue weighted by Gasteiger charge is -2.16. The third-order valence-electron chi connectivity index (χ3n) is 2.73. The molecule has 3 nitrogen and oxygen atoms in total. The van der Waals surface area contributed by atoms with Crippen LogP contribution in [0.5, 0.6) is 0 Å². The molecular weight excluding hydrogens is 253 g/mol. The average molecular weight is 271 g/mol. The lowest BCUT2D eigenvalue weighted by molar-refractivity contribution is 0.0696. The Morgan fingerprint density at radius 2 is 2.28 bits per heavy atom. The molecule has 0 aliphatic rings. The van der Waals surface area contributed by atoms with E-state index in [0.29, 0.717) is 18.2 Å². The highest BCUT2D eigenvalue weighted by molar-refractivity contribution is 7.98. The van der Waals surface area contributed by atoms with E-state index in [-0.39, 0.29) is 11.4 Å². The molecule has 0 radical (unpaired) electrons. The van der Waals surface area contributed by atoms with Gasteiger partial charge in [-0.05, 0) is 30.9 Å². The molecule has 0 aromatic heterocycles. The second kappa shape index (κ2) is 7.38. The molecule has 0 saturated heterocycles. The summed E-state index contributed by atoms with van der Waals surface area (Å²) in [6, 6.07) is 4.18. The Balaban J connectivity index is 2.71. The minimum absolute atomic E-state index is 0.117. The van der Waals surface area contributed by atoms with Crippen molar-refractivity contribution in [3.05, 3.63) is 35.1 Å². The summed E-state index contributed by atoms with van der Waals surface area (Å²) < 4.78 is 13.5. The van der Waals surface area contributed by atoms with Crippen molar-refractivity contribution in [2.75, 3.05) is 12.0 Å². The molecule has 1 atom stereocenters. The van der Waals surface area contributed by atoms with E-state index >= 15 is 0 Å². The number of hydrogen-bond acceptors (Lipinski definition) is 3. The van der Waals surface area contributed by atoms with Gasteiger partial charge in [-0.15, -0.1) is 0 Å². The van der Waals surface area contributed by atoms with Gasteiger partial charge in [0.1, 0.15) is 5.82 Å². The monoisotopic (exact) mass is 271 g/mol. The topological polar surface area (TPSA) is 49.3 Å². The van der Waals surface area contributed by atoms with Crippen molar-refractivity contribution in [1.29, 1.82) is 0 Å². The number of benzene rings is 1. The molecule has 0 aliphatic heterocycles. The van der Waals surface area contributed by atoms with Crippen molar-refractivity contribution < 1.29 is 14.3 Å². The summed E-state index contributed by atoms with van der Waals surface area (Å²) in [6.45, 7) is 2.42. The van der Waals surface area contributed by atoms with Gasteiger partial charge in [-0.2, -0.15) is 11.8 Å². The van der Waals surface area contributed by atoms with Crippen LogP contribution in [-0.4, -0.2) is 29.1 Å². The van der Waals surface area contributed by atoms with Crippen LogP contribution in [0.15, 0.2) is 18.2 Å². The Hall–Kier alpha value is -1.07. The van der Waals surface area contributed by atoms with Gasteiger partial charge in [0.05, 0.1) is 5.56 Å². The maximum absolute atomic E-state index is 13.5. The normalized spacial score (nSPS) is 12.4.